The molecular formula is C42H27N3. The highest BCUT2D eigenvalue weighted by Crippen LogP contribution is 2.41. The first-order chi connectivity index (χ1) is 22.3. The zero-order valence-corrected chi connectivity index (χ0v) is 24.4. The van der Waals surface area contributed by atoms with Crippen molar-refractivity contribution in [2.45, 2.75) is 0 Å². The molecule has 0 spiro atoms. The Morgan fingerprint density at radius 3 is 1.13 bits per heavy atom. The molecule has 0 atom stereocenters. The van der Waals surface area contributed by atoms with Crippen molar-refractivity contribution in [3.8, 4) is 17.1 Å². The van der Waals surface area contributed by atoms with E-state index < -0.39 is 0 Å². The Hall–Kier alpha value is -6.06. The number of nitrogens with zero attached hydrogens (tertiary/aromatic N) is 3. The van der Waals surface area contributed by atoms with E-state index in [-0.39, 0.29) is 0 Å². The van der Waals surface area contributed by atoms with Crippen LogP contribution in [0.2, 0.25) is 0 Å². The van der Waals surface area contributed by atoms with Gasteiger partial charge in [-0.25, -0.2) is 0 Å². The van der Waals surface area contributed by atoms with Gasteiger partial charge in [0.1, 0.15) is 0 Å². The fourth-order valence-corrected chi connectivity index (χ4v) is 7.52. The van der Waals surface area contributed by atoms with Crippen LogP contribution in [0.4, 0.5) is 0 Å². The third kappa shape index (κ3) is 3.41. The molecule has 0 saturated heterocycles. The van der Waals surface area contributed by atoms with Crippen LogP contribution in [0.25, 0.3) is 82.5 Å². The average molecular weight is 574 g/mol. The smallest absolute Gasteiger partial charge is 0.0562 e. The fourth-order valence-electron chi connectivity index (χ4n) is 7.52. The maximum absolute atomic E-state index is 2.44. The maximum atomic E-state index is 2.44. The zero-order chi connectivity index (χ0) is 29.5. The second-order valence-corrected chi connectivity index (χ2v) is 11.8. The van der Waals surface area contributed by atoms with Crippen molar-refractivity contribution in [1.29, 1.82) is 0 Å². The van der Waals surface area contributed by atoms with Crippen molar-refractivity contribution in [2.75, 3.05) is 0 Å². The van der Waals surface area contributed by atoms with Gasteiger partial charge in [-0.2, -0.15) is 0 Å². The Kier molecular flexibility index (Phi) is 5.00. The van der Waals surface area contributed by atoms with E-state index in [1.54, 1.807) is 0 Å². The average Bonchev–Trinajstić information content (AvgIpc) is 3.73. The van der Waals surface area contributed by atoms with Crippen LogP contribution in [-0.2, 0) is 0 Å². The molecule has 7 aromatic carbocycles. The van der Waals surface area contributed by atoms with Crippen LogP contribution >= 0.6 is 0 Å². The first-order valence-electron chi connectivity index (χ1n) is 15.5. The van der Waals surface area contributed by atoms with Crippen LogP contribution in [0.5, 0.6) is 0 Å². The lowest BCUT2D eigenvalue weighted by molar-refractivity contribution is 1.15. The van der Waals surface area contributed by atoms with E-state index in [1.807, 2.05) is 0 Å². The third-order valence-corrected chi connectivity index (χ3v) is 9.41. The molecule has 210 valence electrons. The van der Waals surface area contributed by atoms with Crippen molar-refractivity contribution in [3.05, 3.63) is 164 Å². The van der Waals surface area contributed by atoms with Crippen molar-refractivity contribution in [3.63, 3.8) is 0 Å². The molecule has 0 N–H and O–H groups in total. The van der Waals surface area contributed by atoms with Crippen molar-refractivity contribution in [1.82, 2.24) is 13.7 Å². The van der Waals surface area contributed by atoms with Gasteiger partial charge in [-0.05, 0) is 66.7 Å². The van der Waals surface area contributed by atoms with Crippen LogP contribution in [-0.4, -0.2) is 13.7 Å². The van der Waals surface area contributed by atoms with Crippen LogP contribution in [0.15, 0.2) is 164 Å². The predicted octanol–water partition coefficient (Wildman–Crippen LogP) is 11.0. The van der Waals surface area contributed by atoms with E-state index in [4.69, 9.17) is 0 Å². The predicted molar refractivity (Wildman–Crippen MR) is 189 cm³/mol. The Balaban J connectivity index is 1.35. The highest BCUT2D eigenvalue weighted by Gasteiger charge is 2.20. The van der Waals surface area contributed by atoms with Crippen LogP contribution in [0, 0.1) is 0 Å². The van der Waals surface area contributed by atoms with Gasteiger partial charge in [-0.15, -0.1) is 0 Å². The normalized spacial score (nSPS) is 12.0. The topological polar surface area (TPSA) is 14.8 Å². The molecule has 0 fully saturated rings. The van der Waals surface area contributed by atoms with Gasteiger partial charge in [-0.3, -0.25) is 0 Å². The van der Waals surface area contributed by atoms with E-state index in [9.17, 15) is 0 Å². The number of rotatable bonds is 3. The summed E-state index contributed by atoms with van der Waals surface area (Å²) in [7, 11) is 0. The minimum Gasteiger partial charge on any atom is -0.309 e. The molecule has 0 radical (unpaired) electrons. The summed E-state index contributed by atoms with van der Waals surface area (Å²) in [5.74, 6) is 0. The highest BCUT2D eigenvalue weighted by molar-refractivity contribution is 6.19. The van der Waals surface area contributed by atoms with Gasteiger partial charge in [-0.1, -0.05) is 97.1 Å². The Labute approximate surface area is 259 Å². The Morgan fingerprint density at radius 2 is 0.600 bits per heavy atom. The number of benzene rings is 7. The van der Waals surface area contributed by atoms with Gasteiger partial charge in [0.2, 0.25) is 0 Å². The number of hydrogen-bond acceptors (Lipinski definition) is 0. The molecule has 0 aliphatic heterocycles. The van der Waals surface area contributed by atoms with E-state index in [1.165, 1.54) is 71.1 Å². The number of fused-ring (bicyclic) bond motifs is 9. The highest BCUT2D eigenvalue weighted by atomic mass is 15.0. The molecule has 10 rings (SSSR count). The number of para-hydroxylation sites is 5. The van der Waals surface area contributed by atoms with Gasteiger partial charge >= 0.3 is 0 Å². The Morgan fingerprint density at radius 1 is 0.222 bits per heavy atom. The third-order valence-electron chi connectivity index (χ3n) is 9.41. The summed E-state index contributed by atoms with van der Waals surface area (Å²) >= 11 is 0. The van der Waals surface area contributed by atoms with Gasteiger partial charge in [0, 0.05) is 49.4 Å². The minimum absolute atomic E-state index is 1.15. The molecule has 0 bridgehead atoms. The largest absolute Gasteiger partial charge is 0.309 e. The standard InChI is InChI=1S/C42H27N3/c1-3-13-28(14-4-1)43-39-22-12-9-19-33(39)35-26-36-34-24-23-30(45-37-20-10-7-17-31(37)32-18-8-11-21-38(32)45)25-40(34)44(42(36)27-41(35)43)29-15-5-2-6-16-29/h1-27H. The lowest BCUT2D eigenvalue weighted by atomic mass is 10.1. The van der Waals surface area contributed by atoms with Crippen LogP contribution in [0.3, 0.4) is 0 Å². The maximum Gasteiger partial charge on any atom is 0.0562 e. The lowest BCUT2D eigenvalue weighted by Crippen LogP contribution is -1.97. The summed E-state index contributed by atoms with van der Waals surface area (Å²) in [4.78, 5) is 0. The molecule has 10 aromatic rings. The van der Waals surface area contributed by atoms with Gasteiger partial charge in [0.25, 0.3) is 0 Å². The van der Waals surface area contributed by atoms with Crippen LogP contribution < -0.4 is 0 Å². The summed E-state index contributed by atoms with van der Waals surface area (Å²) < 4.78 is 7.25. The summed E-state index contributed by atoms with van der Waals surface area (Å²) in [6.45, 7) is 0. The van der Waals surface area contributed by atoms with Crippen molar-refractivity contribution >= 4 is 65.4 Å². The lowest BCUT2D eigenvalue weighted by Gasteiger charge is -2.11. The molecule has 45 heavy (non-hydrogen) atoms. The van der Waals surface area contributed by atoms with E-state index in [0.717, 1.165) is 11.4 Å². The first-order valence-corrected chi connectivity index (χ1v) is 15.5. The molecule has 0 aliphatic rings. The number of aromatic nitrogens is 3. The second-order valence-electron chi connectivity index (χ2n) is 11.8. The van der Waals surface area contributed by atoms with Gasteiger partial charge < -0.3 is 13.7 Å². The Bertz CT molecular complexity index is 2690. The summed E-state index contributed by atoms with van der Waals surface area (Å²) in [6.07, 6.45) is 0. The molecule has 3 heteroatoms. The molecule has 3 heterocycles. The first kappa shape index (κ1) is 24.4. The quantitative estimate of drug-likeness (QED) is 0.200. The molecule has 3 aromatic heterocycles. The summed E-state index contributed by atoms with van der Waals surface area (Å²) in [5, 5.41) is 7.57. The second kappa shape index (κ2) is 9.22. The molecule has 3 nitrogen and oxygen atoms in total. The number of hydrogen-bond donors (Lipinski definition) is 0. The fraction of sp³-hybridized carbons (Fsp3) is 0. The van der Waals surface area contributed by atoms with Crippen molar-refractivity contribution < 1.29 is 0 Å². The van der Waals surface area contributed by atoms with Gasteiger partial charge in [0.05, 0.1) is 33.1 Å². The van der Waals surface area contributed by atoms with E-state index in [2.05, 4.69) is 177 Å². The summed E-state index contributed by atoms with van der Waals surface area (Å²) in [5.41, 5.74) is 10.7. The molecule has 0 aliphatic carbocycles. The van der Waals surface area contributed by atoms with E-state index in [0.29, 0.717) is 0 Å². The van der Waals surface area contributed by atoms with Crippen molar-refractivity contribution in [2.24, 2.45) is 0 Å². The van der Waals surface area contributed by atoms with Crippen LogP contribution in [0.1, 0.15) is 0 Å². The summed E-state index contributed by atoms with van der Waals surface area (Å²) in [6, 6.07) is 59.5. The molecule has 0 unspecified atom stereocenters. The van der Waals surface area contributed by atoms with E-state index >= 15 is 0 Å². The molecular weight excluding hydrogens is 546 g/mol. The zero-order valence-electron chi connectivity index (χ0n) is 24.4. The minimum atomic E-state index is 1.15. The monoisotopic (exact) mass is 573 g/mol. The van der Waals surface area contributed by atoms with Gasteiger partial charge in [0.15, 0.2) is 0 Å². The molecule has 0 saturated carbocycles. The molecule has 0 amide bonds. The SMILES string of the molecule is c1ccc(-n2c3ccccc3c3cc4c5ccc(-n6c7ccccc7c7ccccc76)cc5n(-c5ccccc5)c4cc32)cc1.